The van der Waals surface area contributed by atoms with E-state index in [0.29, 0.717) is 0 Å². The molecule has 0 bridgehead atoms. The molecule has 0 fully saturated rings. The number of rotatable bonds is 8. The number of aliphatic hydroxyl groups excluding tert-OH is 1. The first-order valence-electron chi connectivity index (χ1n) is 5.44. The zero-order valence-corrected chi connectivity index (χ0v) is 10.3. The van der Waals surface area contributed by atoms with Crippen molar-refractivity contribution in [1.82, 2.24) is 0 Å². The van der Waals surface area contributed by atoms with Gasteiger partial charge in [0.25, 0.3) is 0 Å². The summed E-state index contributed by atoms with van der Waals surface area (Å²) in [6.07, 6.45) is 2.16. The van der Waals surface area contributed by atoms with Crippen LogP contribution < -0.4 is 0 Å². The Balaban J connectivity index is 4.25. The van der Waals surface area contributed by atoms with Gasteiger partial charge >= 0.3 is 0 Å². The monoisotopic (exact) mass is 216 g/mol. The molecule has 0 heterocycles. The molecule has 3 nitrogen and oxygen atoms in total. The van der Waals surface area contributed by atoms with E-state index in [1.807, 2.05) is 26.8 Å². The maximum atomic E-state index is 9.94. The first kappa shape index (κ1) is 14.6. The third-order valence-electron chi connectivity index (χ3n) is 2.61. The van der Waals surface area contributed by atoms with Crippen LogP contribution in [0.25, 0.3) is 0 Å². The second-order valence-electron chi connectivity index (χ2n) is 4.23. The minimum absolute atomic E-state index is 0.0279. The second kappa shape index (κ2) is 7.85. The van der Waals surface area contributed by atoms with Crippen molar-refractivity contribution in [3.63, 3.8) is 0 Å². The molecule has 0 aromatic rings. The van der Waals surface area contributed by atoms with Gasteiger partial charge in [0.2, 0.25) is 0 Å². The highest BCUT2D eigenvalue weighted by atomic mass is 16.7. The molecule has 0 spiro atoms. The van der Waals surface area contributed by atoms with Crippen LogP contribution in [0.15, 0.2) is 12.7 Å². The molecule has 0 saturated carbocycles. The standard InChI is InChI=1S/C12H24O3/c1-6-7-11(15-8-14-5)10(4)12(13)9(2)3/h6,9-13H,1,7-8H2,2-5H3/t10-,11+,12+/m0/s1. The lowest BCUT2D eigenvalue weighted by atomic mass is 9.89. The first-order valence-corrected chi connectivity index (χ1v) is 5.44. The molecule has 0 aliphatic heterocycles. The van der Waals surface area contributed by atoms with Crippen molar-refractivity contribution >= 4 is 0 Å². The van der Waals surface area contributed by atoms with Crippen LogP contribution in [-0.2, 0) is 9.47 Å². The fourth-order valence-corrected chi connectivity index (χ4v) is 1.58. The fourth-order valence-electron chi connectivity index (χ4n) is 1.58. The molecule has 0 radical (unpaired) electrons. The van der Waals surface area contributed by atoms with E-state index in [0.717, 1.165) is 6.42 Å². The highest BCUT2D eigenvalue weighted by Gasteiger charge is 2.26. The van der Waals surface area contributed by atoms with Gasteiger partial charge < -0.3 is 14.6 Å². The Morgan fingerprint density at radius 3 is 2.33 bits per heavy atom. The van der Waals surface area contributed by atoms with Crippen molar-refractivity contribution in [1.29, 1.82) is 0 Å². The Morgan fingerprint density at radius 1 is 1.33 bits per heavy atom. The van der Waals surface area contributed by atoms with E-state index in [2.05, 4.69) is 6.58 Å². The lowest BCUT2D eigenvalue weighted by Gasteiger charge is -2.29. The summed E-state index contributed by atoms with van der Waals surface area (Å²) in [5.74, 6) is 0.316. The van der Waals surface area contributed by atoms with Gasteiger partial charge in [-0.25, -0.2) is 0 Å². The van der Waals surface area contributed by atoms with Crippen molar-refractivity contribution in [3.8, 4) is 0 Å². The van der Waals surface area contributed by atoms with Gasteiger partial charge in [-0.3, -0.25) is 0 Å². The van der Waals surface area contributed by atoms with E-state index >= 15 is 0 Å². The number of hydrogen-bond donors (Lipinski definition) is 1. The SMILES string of the molecule is C=CC[C@@H](OCOC)[C@H](C)[C@H](O)C(C)C. The number of aliphatic hydroxyl groups is 1. The van der Waals surface area contributed by atoms with E-state index in [-0.39, 0.29) is 30.8 Å². The third-order valence-corrected chi connectivity index (χ3v) is 2.61. The van der Waals surface area contributed by atoms with E-state index in [9.17, 15) is 5.11 Å². The Kier molecular flexibility index (Phi) is 7.65. The highest BCUT2D eigenvalue weighted by Crippen LogP contribution is 2.21. The molecule has 0 aromatic heterocycles. The molecule has 0 saturated heterocycles. The van der Waals surface area contributed by atoms with Crippen LogP contribution in [-0.4, -0.2) is 31.2 Å². The summed E-state index contributed by atoms with van der Waals surface area (Å²) in [5.41, 5.74) is 0. The average molecular weight is 216 g/mol. The van der Waals surface area contributed by atoms with Crippen LogP contribution in [0, 0.1) is 11.8 Å². The smallest absolute Gasteiger partial charge is 0.146 e. The predicted molar refractivity (Wildman–Crippen MR) is 61.6 cm³/mol. The van der Waals surface area contributed by atoms with E-state index < -0.39 is 0 Å². The van der Waals surface area contributed by atoms with Gasteiger partial charge in [0.1, 0.15) is 6.79 Å². The van der Waals surface area contributed by atoms with Gasteiger partial charge in [0, 0.05) is 13.0 Å². The number of methoxy groups -OCH3 is 1. The first-order chi connectivity index (χ1) is 7.04. The minimum atomic E-state index is -0.355. The summed E-state index contributed by atoms with van der Waals surface area (Å²) in [7, 11) is 1.59. The molecule has 0 aliphatic carbocycles. The summed E-state index contributed by atoms with van der Waals surface area (Å²) in [4.78, 5) is 0. The van der Waals surface area contributed by atoms with Crippen molar-refractivity contribution in [2.45, 2.75) is 39.4 Å². The lowest BCUT2D eigenvalue weighted by molar-refractivity contribution is -0.110. The normalized spacial score (nSPS) is 17.5. The Hall–Kier alpha value is -0.380. The van der Waals surface area contributed by atoms with Crippen molar-refractivity contribution in [2.75, 3.05) is 13.9 Å². The zero-order chi connectivity index (χ0) is 11.8. The van der Waals surface area contributed by atoms with Gasteiger partial charge in [-0.15, -0.1) is 6.58 Å². The molecular weight excluding hydrogens is 192 g/mol. The summed E-state index contributed by atoms with van der Waals surface area (Å²) < 4.78 is 10.4. The third kappa shape index (κ3) is 5.30. The molecular formula is C12H24O3. The Bertz CT molecular complexity index is 168. The molecule has 0 unspecified atom stereocenters. The maximum Gasteiger partial charge on any atom is 0.146 e. The van der Waals surface area contributed by atoms with Crippen LogP contribution in [0.5, 0.6) is 0 Å². The van der Waals surface area contributed by atoms with Crippen LogP contribution in [0.1, 0.15) is 27.2 Å². The summed E-state index contributed by atoms with van der Waals surface area (Å²) in [6, 6.07) is 0. The van der Waals surface area contributed by atoms with Crippen LogP contribution in [0.2, 0.25) is 0 Å². The summed E-state index contributed by atoms with van der Waals surface area (Å²) in [5, 5.41) is 9.94. The van der Waals surface area contributed by atoms with E-state index in [1.54, 1.807) is 7.11 Å². The number of ether oxygens (including phenoxy) is 2. The number of hydrogen-bond acceptors (Lipinski definition) is 3. The summed E-state index contributed by atoms with van der Waals surface area (Å²) >= 11 is 0. The molecule has 3 atom stereocenters. The van der Waals surface area contributed by atoms with Crippen molar-refractivity contribution in [3.05, 3.63) is 12.7 Å². The molecule has 0 rings (SSSR count). The van der Waals surface area contributed by atoms with Crippen LogP contribution in [0.3, 0.4) is 0 Å². The van der Waals surface area contributed by atoms with Gasteiger partial charge in [-0.1, -0.05) is 26.8 Å². The van der Waals surface area contributed by atoms with Gasteiger partial charge in [-0.05, 0) is 12.3 Å². The second-order valence-corrected chi connectivity index (χ2v) is 4.23. The predicted octanol–water partition coefficient (Wildman–Crippen LogP) is 2.20. The largest absolute Gasteiger partial charge is 0.392 e. The quantitative estimate of drug-likeness (QED) is 0.499. The summed E-state index contributed by atoms with van der Waals surface area (Å²) in [6.45, 7) is 9.95. The van der Waals surface area contributed by atoms with Crippen molar-refractivity contribution in [2.24, 2.45) is 11.8 Å². The molecule has 3 heteroatoms. The molecule has 15 heavy (non-hydrogen) atoms. The minimum Gasteiger partial charge on any atom is -0.392 e. The topological polar surface area (TPSA) is 38.7 Å². The fraction of sp³-hybridized carbons (Fsp3) is 0.833. The van der Waals surface area contributed by atoms with Crippen LogP contribution in [0.4, 0.5) is 0 Å². The zero-order valence-electron chi connectivity index (χ0n) is 10.3. The van der Waals surface area contributed by atoms with E-state index in [1.165, 1.54) is 0 Å². The highest BCUT2D eigenvalue weighted by molar-refractivity contribution is 4.81. The molecule has 1 N–H and O–H groups in total. The lowest BCUT2D eigenvalue weighted by Crippen LogP contribution is -2.35. The molecule has 0 aromatic carbocycles. The van der Waals surface area contributed by atoms with E-state index in [4.69, 9.17) is 9.47 Å². The van der Waals surface area contributed by atoms with Gasteiger partial charge in [-0.2, -0.15) is 0 Å². The molecule has 0 amide bonds. The Labute approximate surface area is 93.1 Å². The van der Waals surface area contributed by atoms with Crippen molar-refractivity contribution < 1.29 is 14.6 Å². The van der Waals surface area contributed by atoms with Gasteiger partial charge in [0.15, 0.2) is 0 Å². The van der Waals surface area contributed by atoms with Crippen LogP contribution >= 0.6 is 0 Å². The molecule has 90 valence electrons. The maximum absolute atomic E-state index is 9.94. The molecule has 0 aliphatic rings. The Morgan fingerprint density at radius 2 is 1.93 bits per heavy atom. The average Bonchev–Trinajstić information content (AvgIpc) is 2.22. The van der Waals surface area contributed by atoms with Gasteiger partial charge in [0.05, 0.1) is 12.2 Å².